The Kier molecular flexibility index (Phi) is 3.91. The predicted molar refractivity (Wildman–Crippen MR) is 67.0 cm³/mol. The first-order chi connectivity index (χ1) is 7.70. The van der Waals surface area contributed by atoms with Gasteiger partial charge in [0.15, 0.2) is 0 Å². The van der Waals surface area contributed by atoms with Crippen molar-refractivity contribution >= 4 is 33.4 Å². The van der Waals surface area contributed by atoms with E-state index in [1.54, 1.807) is 0 Å². The second-order valence-electron chi connectivity index (χ2n) is 4.07. The Bertz CT molecular complexity index is 357. The number of carbonyl (C=O) groups excluding carboxylic acids is 1. The van der Waals surface area contributed by atoms with Gasteiger partial charge in [-0.3, -0.25) is 4.79 Å². The zero-order chi connectivity index (χ0) is 11.5. The van der Waals surface area contributed by atoms with Crippen LogP contribution in [-0.4, -0.2) is 38.3 Å². The first kappa shape index (κ1) is 12.0. The summed E-state index contributed by atoms with van der Waals surface area (Å²) in [6.07, 6.45) is 6.20. The molecule has 6 heteroatoms. The molecule has 1 heterocycles. The van der Waals surface area contributed by atoms with Gasteiger partial charge in [-0.05, 0) is 24.4 Å². The van der Waals surface area contributed by atoms with Crippen LogP contribution in [0.25, 0.3) is 0 Å². The highest BCUT2D eigenvalue weighted by Crippen LogP contribution is 2.28. The Hall–Kier alpha value is -0.490. The summed E-state index contributed by atoms with van der Waals surface area (Å²) in [5.74, 6) is 0.0337. The predicted octanol–water partition coefficient (Wildman–Crippen LogP) is 2.32. The van der Waals surface area contributed by atoms with Crippen LogP contribution in [-0.2, 0) is 0 Å². The maximum Gasteiger partial charge on any atom is 0.267 e. The summed E-state index contributed by atoms with van der Waals surface area (Å²) in [4.78, 5) is 14.9. The maximum absolute atomic E-state index is 12.1. The van der Waals surface area contributed by atoms with Gasteiger partial charge in [-0.1, -0.05) is 33.3 Å². The lowest BCUT2D eigenvalue weighted by molar-refractivity contribution is 0.0709. The third kappa shape index (κ3) is 2.43. The van der Waals surface area contributed by atoms with Crippen molar-refractivity contribution in [3.63, 3.8) is 0 Å². The van der Waals surface area contributed by atoms with E-state index in [1.807, 2.05) is 11.9 Å². The van der Waals surface area contributed by atoms with Crippen LogP contribution in [0.1, 0.15) is 35.4 Å². The minimum atomic E-state index is 0.0337. The smallest absolute Gasteiger partial charge is 0.267 e. The van der Waals surface area contributed by atoms with E-state index < -0.39 is 0 Å². The Morgan fingerprint density at radius 1 is 1.56 bits per heavy atom. The molecule has 16 heavy (non-hydrogen) atoms. The third-order valence-corrected chi connectivity index (χ3v) is 4.76. The van der Waals surface area contributed by atoms with Crippen molar-refractivity contribution in [1.29, 1.82) is 0 Å². The Balaban J connectivity index is 2.06. The monoisotopic (exact) mass is 303 g/mol. The summed E-state index contributed by atoms with van der Waals surface area (Å²) in [6.45, 7) is 0. The Morgan fingerprint density at radius 3 is 2.94 bits per heavy atom. The Labute approximate surface area is 107 Å². The van der Waals surface area contributed by atoms with Crippen LogP contribution in [0, 0.1) is 0 Å². The van der Waals surface area contributed by atoms with Crippen molar-refractivity contribution in [3.8, 4) is 0 Å². The quantitative estimate of drug-likeness (QED) is 0.788. The van der Waals surface area contributed by atoms with E-state index in [0.717, 1.165) is 24.4 Å². The van der Waals surface area contributed by atoms with E-state index in [1.165, 1.54) is 19.0 Å². The molecule has 0 radical (unpaired) electrons. The molecule has 0 spiro atoms. The zero-order valence-corrected chi connectivity index (χ0v) is 11.5. The standard InChI is InChI=1S/C10H14BrN3OS/c1-14(8-5-3-2-4-7(8)11)10(15)9-6-12-13-16-9/h6-8H,2-5H2,1H3. The van der Waals surface area contributed by atoms with Gasteiger partial charge in [-0.15, -0.1) is 5.10 Å². The fraction of sp³-hybridized carbons (Fsp3) is 0.700. The van der Waals surface area contributed by atoms with Gasteiger partial charge in [0.05, 0.1) is 6.20 Å². The maximum atomic E-state index is 12.1. The first-order valence-corrected chi connectivity index (χ1v) is 7.07. The Morgan fingerprint density at radius 2 is 2.31 bits per heavy atom. The van der Waals surface area contributed by atoms with Gasteiger partial charge in [0.2, 0.25) is 0 Å². The molecule has 1 aliphatic rings. The molecular weight excluding hydrogens is 290 g/mol. The molecule has 1 saturated carbocycles. The fourth-order valence-electron chi connectivity index (χ4n) is 2.09. The molecule has 1 aromatic heterocycles. The number of nitrogens with zero attached hydrogens (tertiary/aromatic N) is 3. The highest BCUT2D eigenvalue weighted by Gasteiger charge is 2.30. The van der Waals surface area contributed by atoms with Gasteiger partial charge >= 0.3 is 0 Å². The molecule has 2 atom stereocenters. The minimum absolute atomic E-state index is 0.0337. The minimum Gasteiger partial charge on any atom is -0.337 e. The average molecular weight is 304 g/mol. The fourth-order valence-corrected chi connectivity index (χ4v) is 3.53. The lowest BCUT2D eigenvalue weighted by Crippen LogP contribution is -2.43. The van der Waals surface area contributed by atoms with Gasteiger partial charge in [0.1, 0.15) is 4.88 Å². The molecule has 0 N–H and O–H groups in total. The summed E-state index contributed by atoms with van der Waals surface area (Å²) in [5.41, 5.74) is 0. The number of halogens is 1. The summed E-state index contributed by atoms with van der Waals surface area (Å²) < 4.78 is 3.72. The number of amides is 1. The van der Waals surface area contributed by atoms with Gasteiger partial charge in [-0.25, -0.2) is 0 Å². The van der Waals surface area contributed by atoms with E-state index in [-0.39, 0.29) is 5.91 Å². The van der Waals surface area contributed by atoms with Crippen LogP contribution in [0.5, 0.6) is 0 Å². The molecule has 0 aromatic carbocycles. The average Bonchev–Trinajstić information content (AvgIpc) is 2.81. The second kappa shape index (κ2) is 5.23. The highest BCUT2D eigenvalue weighted by molar-refractivity contribution is 9.09. The third-order valence-electron chi connectivity index (χ3n) is 3.04. The summed E-state index contributed by atoms with van der Waals surface area (Å²) in [6, 6.07) is 0.295. The highest BCUT2D eigenvalue weighted by atomic mass is 79.9. The number of aromatic nitrogens is 2. The summed E-state index contributed by atoms with van der Waals surface area (Å²) in [7, 11) is 1.87. The number of alkyl halides is 1. The SMILES string of the molecule is CN(C(=O)c1cnns1)C1CCCCC1Br. The molecule has 1 aromatic rings. The molecule has 1 amide bonds. The molecular formula is C10H14BrN3OS. The molecule has 4 nitrogen and oxygen atoms in total. The van der Waals surface area contributed by atoms with Gasteiger partial charge in [0.25, 0.3) is 5.91 Å². The van der Waals surface area contributed by atoms with Crippen molar-refractivity contribution < 1.29 is 4.79 Å². The van der Waals surface area contributed by atoms with Gasteiger partial charge in [0, 0.05) is 17.9 Å². The first-order valence-electron chi connectivity index (χ1n) is 5.38. The van der Waals surface area contributed by atoms with Crippen LogP contribution in [0.3, 0.4) is 0 Å². The van der Waals surface area contributed by atoms with Crippen molar-refractivity contribution in [2.45, 2.75) is 36.6 Å². The lowest BCUT2D eigenvalue weighted by Gasteiger charge is -2.34. The van der Waals surface area contributed by atoms with E-state index in [2.05, 4.69) is 25.5 Å². The van der Waals surface area contributed by atoms with Crippen LogP contribution in [0.15, 0.2) is 6.20 Å². The van der Waals surface area contributed by atoms with Crippen molar-refractivity contribution in [3.05, 3.63) is 11.1 Å². The number of carbonyl (C=O) groups is 1. The summed E-state index contributed by atoms with van der Waals surface area (Å²) >= 11 is 4.82. The zero-order valence-electron chi connectivity index (χ0n) is 9.10. The molecule has 0 aliphatic heterocycles. The van der Waals surface area contributed by atoms with Crippen LogP contribution < -0.4 is 0 Å². The van der Waals surface area contributed by atoms with Crippen molar-refractivity contribution in [2.75, 3.05) is 7.05 Å². The summed E-state index contributed by atoms with van der Waals surface area (Å²) in [5, 5.41) is 3.70. The molecule has 1 aliphatic carbocycles. The number of hydrogen-bond donors (Lipinski definition) is 0. The van der Waals surface area contributed by atoms with Crippen LogP contribution in [0.4, 0.5) is 0 Å². The lowest BCUT2D eigenvalue weighted by atomic mass is 9.94. The van der Waals surface area contributed by atoms with E-state index in [4.69, 9.17) is 0 Å². The topological polar surface area (TPSA) is 46.1 Å². The van der Waals surface area contributed by atoms with Gasteiger partial charge in [-0.2, -0.15) is 0 Å². The largest absolute Gasteiger partial charge is 0.337 e. The molecule has 0 bridgehead atoms. The normalized spacial score (nSPS) is 25.4. The van der Waals surface area contributed by atoms with E-state index in [9.17, 15) is 4.79 Å². The van der Waals surface area contributed by atoms with Crippen LogP contribution >= 0.6 is 27.5 Å². The molecule has 2 unspecified atom stereocenters. The van der Waals surface area contributed by atoms with Gasteiger partial charge < -0.3 is 4.90 Å². The molecule has 88 valence electrons. The second-order valence-corrected chi connectivity index (χ2v) is 6.03. The number of rotatable bonds is 2. The van der Waals surface area contributed by atoms with Crippen molar-refractivity contribution in [1.82, 2.24) is 14.5 Å². The van der Waals surface area contributed by atoms with E-state index >= 15 is 0 Å². The van der Waals surface area contributed by atoms with Crippen LogP contribution in [0.2, 0.25) is 0 Å². The molecule has 1 fully saturated rings. The molecule has 0 saturated heterocycles. The van der Waals surface area contributed by atoms with E-state index in [0.29, 0.717) is 15.7 Å². The molecule has 2 rings (SSSR count). The number of hydrogen-bond acceptors (Lipinski definition) is 4. The van der Waals surface area contributed by atoms with Crippen molar-refractivity contribution in [2.24, 2.45) is 0 Å².